The van der Waals surface area contributed by atoms with Crippen molar-refractivity contribution in [3.8, 4) is 5.69 Å². The Kier molecular flexibility index (Phi) is 13.3. The zero-order valence-corrected chi connectivity index (χ0v) is 33.0. The first-order chi connectivity index (χ1) is 27.6. The molecule has 10 rings (SSSR count). The summed E-state index contributed by atoms with van der Waals surface area (Å²) in [6.07, 6.45) is 12.8. The second kappa shape index (κ2) is 18.9. The van der Waals surface area contributed by atoms with Crippen molar-refractivity contribution in [1.29, 1.82) is 0 Å². The summed E-state index contributed by atoms with van der Waals surface area (Å²) < 4.78 is 4.75. The summed E-state index contributed by atoms with van der Waals surface area (Å²) in [7, 11) is 2.17. The van der Waals surface area contributed by atoms with Crippen LogP contribution < -0.4 is 22.7 Å². The fourth-order valence-corrected chi connectivity index (χ4v) is 7.61. The van der Waals surface area contributed by atoms with Crippen LogP contribution in [0.3, 0.4) is 0 Å². The summed E-state index contributed by atoms with van der Waals surface area (Å²) in [5, 5.41) is 9.88. The van der Waals surface area contributed by atoms with Gasteiger partial charge in [-0.05, 0) is 95.9 Å². The summed E-state index contributed by atoms with van der Waals surface area (Å²) in [5.41, 5.74) is 17.8. The van der Waals surface area contributed by atoms with E-state index < -0.39 is 0 Å². The van der Waals surface area contributed by atoms with E-state index >= 15 is 0 Å². The Hall–Kier alpha value is -6.18. The molecule has 6 heteroatoms. The molecule has 2 aliphatic rings. The first-order valence-electron chi connectivity index (χ1n) is 19.5. The molecular formula is C50H54N6. The fraction of sp³-hybridized carbons (Fsp3) is 0.160. The lowest BCUT2D eigenvalue weighted by atomic mass is 9.98. The molecule has 0 saturated heterocycles. The third-order valence-corrected chi connectivity index (χ3v) is 10.3. The molecule has 2 aromatic heterocycles. The molecule has 6 aromatic carbocycles. The highest BCUT2D eigenvalue weighted by Gasteiger charge is 2.20. The van der Waals surface area contributed by atoms with Crippen LogP contribution in [0.25, 0.3) is 55.2 Å². The molecule has 1 atom stereocenters. The predicted molar refractivity (Wildman–Crippen MR) is 242 cm³/mol. The van der Waals surface area contributed by atoms with E-state index in [1.54, 1.807) is 0 Å². The number of aryl methyl sites for hydroxylation is 3. The van der Waals surface area contributed by atoms with Gasteiger partial charge in [-0.15, -0.1) is 0 Å². The SMILES string of the molecule is CC.Cc1ccc2ccccc2c1.Cn1c2ccccc2c2cc3c4c(n(-c5ccccc5)c3cc21)C=CCC4.NC(C1=CC=CNC1)c1ccccc1.NN. The number of nitrogens with one attached hydrogen (secondary N) is 1. The number of aromatic nitrogens is 2. The molecule has 6 nitrogen and oxygen atoms in total. The molecule has 0 saturated carbocycles. The lowest BCUT2D eigenvalue weighted by molar-refractivity contribution is 0.768. The highest BCUT2D eigenvalue weighted by Crippen LogP contribution is 2.38. The lowest BCUT2D eigenvalue weighted by Crippen LogP contribution is -2.22. The van der Waals surface area contributed by atoms with Crippen LogP contribution in [0.15, 0.2) is 170 Å². The standard InChI is InChI=1S/C25H20N2.C12H14N2.C11H10.C2H6.H4N2/c1-26-22-13-7-5-11-18(22)20-15-21-19-12-6-8-14-23(19)27(25(21)16-24(20)26)17-9-3-2-4-10-17;13-12(10-5-2-1-3-6-10)11-7-4-8-14-9-11;1-9-6-7-10-4-2-3-5-11(10)8-9;2*1-2/h2-5,7-11,13-16H,6,12H2,1H3;1-8,12,14H,9,13H2;2-8H,1H3;1-2H3;1-2H2. The molecule has 0 spiro atoms. The summed E-state index contributed by atoms with van der Waals surface area (Å²) in [6.45, 7) is 6.96. The maximum atomic E-state index is 6.13. The highest BCUT2D eigenvalue weighted by atomic mass is 15.0. The Morgan fingerprint density at radius 3 is 2.07 bits per heavy atom. The van der Waals surface area contributed by atoms with Crippen LogP contribution >= 0.6 is 0 Å². The van der Waals surface area contributed by atoms with E-state index in [4.69, 9.17) is 5.73 Å². The van der Waals surface area contributed by atoms with Crippen LogP contribution in [0.2, 0.25) is 0 Å². The quantitative estimate of drug-likeness (QED) is 0.107. The maximum Gasteiger partial charge on any atom is 0.0558 e. The molecule has 1 unspecified atom stereocenters. The number of hydrogen-bond acceptors (Lipinski definition) is 4. The summed E-state index contributed by atoms with van der Waals surface area (Å²) in [4.78, 5) is 0. The number of hydrogen-bond donors (Lipinski definition) is 4. The van der Waals surface area contributed by atoms with Gasteiger partial charge in [0.25, 0.3) is 0 Å². The van der Waals surface area contributed by atoms with Gasteiger partial charge in [0.2, 0.25) is 0 Å². The zero-order valence-electron chi connectivity index (χ0n) is 33.0. The predicted octanol–water partition coefficient (Wildman–Crippen LogP) is 11.0. The minimum atomic E-state index is 0.00801. The van der Waals surface area contributed by atoms with Crippen molar-refractivity contribution >= 4 is 49.6 Å². The van der Waals surface area contributed by atoms with Crippen LogP contribution in [0.4, 0.5) is 0 Å². The minimum Gasteiger partial charge on any atom is -0.387 e. The molecule has 1 aliphatic carbocycles. The molecular weight excluding hydrogens is 685 g/mol. The van der Waals surface area contributed by atoms with Crippen molar-refractivity contribution in [2.75, 3.05) is 6.54 Å². The second-order valence-corrected chi connectivity index (χ2v) is 13.7. The van der Waals surface area contributed by atoms with E-state index in [0.29, 0.717) is 0 Å². The van der Waals surface area contributed by atoms with Crippen molar-refractivity contribution in [2.45, 2.75) is 39.7 Å². The van der Waals surface area contributed by atoms with E-state index in [1.807, 2.05) is 44.3 Å². The van der Waals surface area contributed by atoms with Gasteiger partial charge < -0.3 is 20.2 Å². The van der Waals surface area contributed by atoms with Crippen LogP contribution in [0, 0.1) is 6.92 Å². The van der Waals surface area contributed by atoms with Crippen LogP contribution in [0.5, 0.6) is 0 Å². The van der Waals surface area contributed by atoms with Crippen molar-refractivity contribution in [3.63, 3.8) is 0 Å². The van der Waals surface area contributed by atoms with Crippen LogP contribution in [-0.4, -0.2) is 15.7 Å². The number of hydrazine groups is 1. The van der Waals surface area contributed by atoms with Gasteiger partial charge in [-0.25, -0.2) is 0 Å². The number of para-hydroxylation sites is 2. The molecule has 0 amide bonds. The molecule has 7 N–H and O–H groups in total. The number of dihydropyridines is 1. The maximum absolute atomic E-state index is 6.13. The number of allylic oxidation sites excluding steroid dienone is 3. The number of nitrogens with two attached hydrogens (primary N) is 3. The number of benzene rings is 6. The smallest absolute Gasteiger partial charge is 0.0558 e. The second-order valence-electron chi connectivity index (χ2n) is 13.7. The third kappa shape index (κ3) is 8.38. The van der Waals surface area contributed by atoms with Gasteiger partial charge >= 0.3 is 0 Å². The molecule has 1 aliphatic heterocycles. The van der Waals surface area contributed by atoms with Crippen molar-refractivity contribution in [1.82, 2.24) is 14.5 Å². The van der Waals surface area contributed by atoms with E-state index in [-0.39, 0.29) is 6.04 Å². The summed E-state index contributed by atoms with van der Waals surface area (Å²) >= 11 is 0. The van der Waals surface area contributed by atoms with Gasteiger partial charge in [-0.3, -0.25) is 11.7 Å². The highest BCUT2D eigenvalue weighted by molar-refractivity contribution is 6.13. The monoisotopic (exact) mass is 738 g/mol. The van der Waals surface area contributed by atoms with E-state index in [0.717, 1.165) is 24.9 Å². The summed E-state index contributed by atoms with van der Waals surface area (Å²) in [5.74, 6) is 8.00. The zero-order chi connectivity index (χ0) is 39.4. The van der Waals surface area contributed by atoms with Gasteiger partial charge in [0, 0.05) is 46.6 Å². The van der Waals surface area contributed by atoms with Gasteiger partial charge in [0.1, 0.15) is 0 Å². The summed E-state index contributed by atoms with van der Waals surface area (Å²) in [6, 6.07) is 49.3. The molecule has 0 radical (unpaired) electrons. The normalized spacial score (nSPS) is 13.1. The number of nitrogens with zero attached hydrogens (tertiary/aromatic N) is 2. The largest absolute Gasteiger partial charge is 0.387 e. The first kappa shape index (κ1) is 39.5. The molecule has 0 fully saturated rings. The van der Waals surface area contributed by atoms with E-state index in [2.05, 4.69) is 180 Å². The van der Waals surface area contributed by atoms with E-state index in [9.17, 15) is 0 Å². The topological polar surface area (TPSA) is 99.9 Å². The Bertz CT molecular complexity index is 2610. The average molecular weight is 739 g/mol. The molecule has 284 valence electrons. The molecule has 56 heavy (non-hydrogen) atoms. The first-order valence-corrected chi connectivity index (χ1v) is 19.5. The lowest BCUT2D eigenvalue weighted by Gasteiger charge is -2.18. The Morgan fingerprint density at radius 2 is 1.34 bits per heavy atom. The molecule has 3 heterocycles. The van der Waals surface area contributed by atoms with Crippen LogP contribution in [-0.2, 0) is 13.5 Å². The van der Waals surface area contributed by atoms with Crippen LogP contribution in [0.1, 0.15) is 48.7 Å². The number of rotatable bonds is 3. The van der Waals surface area contributed by atoms with Gasteiger partial charge in [0.05, 0.1) is 17.1 Å². The Balaban J connectivity index is 0.000000154. The molecule has 8 aromatic rings. The van der Waals surface area contributed by atoms with Crippen molar-refractivity contribution in [3.05, 3.63) is 192 Å². The minimum absolute atomic E-state index is 0.00801. The Morgan fingerprint density at radius 1 is 0.661 bits per heavy atom. The van der Waals surface area contributed by atoms with Gasteiger partial charge in [-0.2, -0.15) is 0 Å². The average Bonchev–Trinajstić information content (AvgIpc) is 3.76. The van der Waals surface area contributed by atoms with Crippen molar-refractivity contribution < 1.29 is 0 Å². The number of fused-ring (bicyclic) bond motifs is 7. The fourth-order valence-electron chi connectivity index (χ4n) is 7.61. The van der Waals surface area contributed by atoms with Crippen molar-refractivity contribution in [2.24, 2.45) is 24.5 Å². The van der Waals surface area contributed by atoms with Gasteiger partial charge in [0.15, 0.2) is 0 Å². The van der Waals surface area contributed by atoms with Gasteiger partial charge in [-0.1, -0.05) is 141 Å². The van der Waals surface area contributed by atoms with E-state index in [1.165, 1.54) is 71.6 Å². The molecule has 0 bridgehead atoms. The Labute approximate surface area is 331 Å². The third-order valence-electron chi connectivity index (χ3n) is 10.3.